The topological polar surface area (TPSA) is 119 Å². The summed E-state index contributed by atoms with van der Waals surface area (Å²) in [6.45, 7) is 1.91. The zero-order valence-corrected chi connectivity index (χ0v) is 15.6. The predicted molar refractivity (Wildman–Crippen MR) is 104 cm³/mol. The zero-order valence-electron chi connectivity index (χ0n) is 15.6. The summed E-state index contributed by atoms with van der Waals surface area (Å²) in [6, 6.07) is 8.64. The maximum absolute atomic E-state index is 13.9. The highest BCUT2D eigenvalue weighted by molar-refractivity contribution is 5.90. The van der Waals surface area contributed by atoms with Crippen molar-refractivity contribution in [2.45, 2.75) is 6.92 Å². The van der Waals surface area contributed by atoms with Crippen molar-refractivity contribution in [3.63, 3.8) is 0 Å². The molecule has 0 spiro atoms. The minimum absolute atomic E-state index is 0.182. The second kappa shape index (κ2) is 8.90. The SMILES string of the molecule is CCOC(=O)c1ccc(Nc2ncnc(Nc3cc(F)ccc3F)c2[N+](=O)[O-])cc1. The molecule has 0 fully saturated rings. The van der Waals surface area contributed by atoms with Crippen LogP contribution in [0.15, 0.2) is 48.8 Å². The number of nitrogens with one attached hydrogen (secondary N) is 2. The van der Waals surface area contributed by atoms with Gasteiger partial charge < -0.3 is 15.4 Å². The van der Waals surface area contributed by atoms with Gasteiger partial charge in [-0.2, -0.15) is 0 Å². The van der Waals surface area contributed by atoms with Crippen molar-refractivity contribution >= 4 is 34.7 Å². The van der Waals surface area contributed by atoms with Gasteiger partial charge in [0.05, 0.1) is 22.8 Å². The van der Waals surface area contributed by atoms with Gasteiger partial charge >= 0.3 is 11.7 Å². The molecular formula is C19H15F2N5O4. The Bertz CT molecular complexity index is 1090. The molecule has 9 nitrogen and oxygen atoms in total. The molecule has 1 aromatic heterocycles. The molecule has 1 heterocycles. The maximum Gasteiger partial charge on any atom is 0.353 e. The van der Waals surface area contributed by atoms with Crippen LogP contribution in [-0.4, -0.2) is 27.5 Å². The van der Waals surface area contributed by atoms with E-state index < -0.39 is 28.2 Å². The van der Waals surface area contributed by atoms with Gasteiger partial charge in [-0.15, -0.1) is 0 Å². The van der Waals surface area contributed by atoms with E-state index in [-0.39, 0.29) is 23.9 Å². The molecule has 0 unspecified atom stereocenters. The molecule has 0 aliphatic rings. The summed E-state index contributed by atoms with van der Waals surface area (Å²) in [4.78, 5) is 30.2. The third kappa shape index (κ3) is 4.63. The number of hydrogen-bond donors (Lipinski definition) is 2. The van der Waals surface area contributed by atoms with Crippen molar-refractivity contribution in [1.29, 1.82) is 0 Å². The third-order valence-corrected chi connectivity index (χ3v) is 3.85. The van der Waals surface area contributed by atoms with Crippen molar-refractivity contribution in [1.82, 2.24) is 9.97 Å². The van der Waals surface area contributed by atoms with Gasteiger partial charge in [0.1, 0.15) is 18.0 Å². The molecule has 11 heteroatoms. The molecule has 0 bridgehead atoms. The van der Waals surface area contributed by atoms with Crippen LogP contribution in [0.1, 0.15) is 17.3 Å². The van der Waals surface area contributed by atoms with Crippen LogP contribution in [0.3, 0.4) is 0 Å². The number of aromatic nitrogens is 2. The highest BCUT2D eigenvalue weighted by atomic mass is 19.1. The van der Waals surface area contributed by atoms with E-state index in [4.69, 9.17) is 4.74 Å². The second-order valence-corrected chi connectivity index (χ2v) is 5.85. The Hall–Kier alpha value is -4.15. The van der Waals surface area contributed by atoms with E-state index in [1.165, 1.54) is 24.3 Å². The number of hydrogen-bond acceptors (Lipinski definition) is 8. The van der Waals surface area contributed by atoms with Crippen molar-refractivity contribution in [3.05, 3.63) is 76.1 Å². The van der Waals surface area contributed by atoms with Gasteiger partial charge in [0.15, 0.2) is 0 Å². The first-order chi connectivity index (χ1) is 14.4. The Morgan fingerprint density at radius 2 is 1.77 bits per heavy atom. The molecule has 2 aromatic carbocycles. The molecule has 0 radical (unpaired) electrons. The lowest BCUT2D eigenvalue weighted by molar-refractivity contribution is -0.383. The van der Waals surface area contributed by atoms with Gasteiger partial charge in [-0.25, -0.2) is 23.5 Å². The van der Waals surface area contributed by atoms with Crippen molar-refractivity contribution in [2.24, 2.45) is 0 Å². The first-order valence-electron chi connectivity index (χ1n) is 8.64. The molecule has 3 rings (SSSR count). The minimum Gasteiger partial charge on any atom is -0.462 e. The third-order valence-electron chi connectivity index (χ3n) is 3.85. The summed E-state index contributed by atoms with van der Waals surface area (Å²) in [5.41, 5.74) is -0.187. The number of carbonyl (C=O) groups is 1. The van der Waals surface area contributed by atoms with E-state index in [2.05, 4.69) is 20.6 Å². The van der Waals surface area contributed by atoms with E-state index in [0.29, 0.717) is 11.3 Å². The molecule has 0 saturated carbocycles. The van der Waals surface area contributed by atoms with Crippen molar-refractivity contribution in [3.8, 4) is 0 Å². The fourth-order valence-corrected chi connectivity index (χ4v) is 2.50. The number of ether oxygens (including phenoxy) is 1. The van der Waals surface area contributed by atoms with Crippen LogP contribution in [0.2, 0.25) is 0 Å². The van der Waals surface area contributed by atoms with Crippen LogP contribution < -0.4 is 10.6 Å². The van der Waals surface area contributed by atoms with E-state index in [1.54, 1.807) is 6.92 Å². The maximum atomic E-state index is 13.9. The molecule has 0 aliphatic carbocycles. The average molecular weight is 415 g/mol. The fraction of sp³-hybridized carbons (Fsp3) is 0.105. The summed E-state index contributed by atoms with van der Waals surface area (Å²) in [5, 5.41) is 16.8. The largest absolute Gasteiger partial charge is 0.462 e. The zero-order chi connectivity index (χ0) is 21.7. The van der Waals surface area contributed by atoms with Crippen LogP contribution >= 0.6 is 0 Å². The van der Waals surface area contributed by atoms with Crippen molar-refractivity contribution < 1.29 is 23.2 Å². The molecule has 2 N–H and O–H groups in total. The minimum atomic E-state index is -0.812. The first kappa shape index (κ1) is 20.6. The molecule has 0 saturated heterocycles. The smallest absolute Gasteiger partial charge is 0.353 e. The molecule has 30 heavy (non-hydrogen) atoms. The highest BCUT2D eigenvalue weighted by Gasteiger charge is 2.24. The number of nitrogens with zero attached hydrogens (tertiary/aromatic N) is 3. The second-order valence-electron chi connectivity index (χ2n) is 5.85. The standard InChI is InChI=1S/C19H15F2N5O4/c1-2-30-19(27)11-3-6-13(7-4-11)24-17-16(26(28)29)18(23-10-22-17)25-15-9-12(20)5-8-14(15)21/h3-10H,2H2,1H3,(H2,22,23,24,25). The van der Waals surface area contributed by atoms with E-state index in [1.807, 2.05) is 0 Å². The summed E-state index contributed by atoms with van der Waals surface area (Å²) in [5.74, 6) is -2.55. The quantitative estimate of drug-likeness (QED) is 0.332. The Morgan fingerprint density at radius 1 is 1.10 bits per heavy atom. The number of anilines is 4. The molecule has 0 amide bonds. The van der Waals surface area contributed by atoms with Crippen LogP contribution in [0.25, 0.3) is 0 Å². The number of nitro groups is 1. The van der Waals surface area contributed by atoms with Gasteiger partial charge in [0, 0.05) is 11.8 Å². The Labute approximate surface area is 168 Å². The Morgan fingerprint density at radius 3 is 2.40 bits per heavy atom. The van der Waals surface area contributed by atoms with Crippen molar-refractivity contribution in [2.75, 3.05) is 17.2 Å². The van der Waals surface area contributed by atoms with E-state index >= 15 is 0 Å². The molecular weight excluding hydrogens is 400 g/mol. The van der Waals surface area contributed by atoms with Gasteiger partial charge in [-0.1, -0.05) is 0 Å². The molecule has 3 aromatic rings. The van der Waals surface area contributed by atoms with Gasteiger partial charge in [-0.05, 0) is 43.3 Å². The summed E-state index contributed by atoms with van der Waals surface area (Å²) in [6.07, 6.45) is 1.03. The Balaban J connectivity index is 1.90. The number of benzene rings is 2. The summed E-state index contributed by atoms with van der Waals surface area (Å²) < 4.78 is 32.2. The number of esters is 1. The van der Waals surface area contributed by atoms with Crippen LogP contribution in [0.4, 0.5) is 37.5 Å². The molecule has 0 aliphatic heterocycles. The van der Waals surface area contributed by atoms with E-state index in [9.17, 15) is 23.7 Å². The molecule has 154 valence electrons. The fourth-order valence-electron chi connectivity index (χ4n) is 2.50. The predicted octanol–water partition coefficient (Wildman–Crippen LogP) is 4.33. The van der Waals surface area contributed by atoms with Crippen LogP contribution in [-0.2, 0) is 4.74 Å². The van der Waals surface area contributed by atoms with E-state index in [0.717, 1.165) is 24.5 Å². The summed E-state index contributed by atoms with van der Waals surface area (Å²) in [7, 11) is 0. The monoisotopic (exact) mass is 415 g/mol. The average Bonchev–Trinajstić information content (AvgIpc) is 2.71. The first-order valence-corrected chi connectivity index (χ1v) is 8.64. The lowest BCUT2D eigenvalue weighted by atomic mass is 10.2. The highest BCUT2D eigenvalue weighted by Crippen LogP contribution is 2.33. The number of carbonyl (C=O) groups excluding carboxylic acids is 1. The summed E-state index contributed by atoms with van der Waals surface area (Å²) >= 11 is 0. The normalized spacial score (nSPS) is 10.4. The van der Waals surface area contributed by atoms with Gasteiger partial charge in [0.2, 0.25) is 11.6 Å². The number of halogens is 2. The van der Waals surface area contributed by atoms with Gasteiger partial charge in [-0.3, -0.25) is 10.1 Å². The van der Waals surface area contributed by atoms with Gasteiger partial charge in [0.25, 0.3) is 0 Å². The lowest BCUT2D eigenvalue weighted by Crippen LogP contribution is -2.07. The van der Waals surface area contributed by atoms with Crippen LogP contribution in [0, 0.1) is 21.7 Å². The number of rotatable bonds is 7. The van der Waals surface area contributed by atoms with Crippen LogP contribution in [0.5, 0.6) is 0 Å². The molecule has 0 atom stereocenters. The Kier molecular flexibility index (Phi) is 6.11. The lowest BCUT2D eigenvalue weighted by Gasteiger charge is -2.11.